The first-order valence-corrected chi connectivity index (χ1v) is 10.6. The van der Waals surface area contributed by atoms with Gasteiger partial charge in [0.05, 0.1) is 31.3 Å². The van der Waals surface area contributed by atoms with Gasteiger partial charge in [-0.2, -0.15) is 0 Å². The summed E-state index contributed by atoms with van der Waals surface area (Å²) in [7, 11) is 0. The number of carbonyl (C=O) groups excluding carboxylic acids is 1. The third kappa shape index (κ3) is 4.42. The van der Waals surface area contributed by atoms with Crippen molar-refractivity contribution in [2.24, 2.45) is 0 Å². The predicted octanol–water partition coefficient (Wildman–Crippen LogP) is 3.74. The van der Waals surface area contributed by atoms with Gasteiger partial charge in [-0.3, -0.25) is 14.7 Å². The zero-order valence-corrected chi connectivity index (χ0v) is 18.6. The third-order valence-corrected chi connectivity index (χ3v) is 5.53. The number of carbonyl (C=O) groups is 1. The molecular formula is C22H26N4O4S. The SMILES string of the molecule is CC(C)(C)OC(=O)N1CCOC[C@H]1c1ccccc1Cn1c(=S)[nH]c(=O)c2[nH]ccc21. The monoisotopic (exact) mass is 442 g/mol. The van der Waals surface area contributed by atoms with E-state index in [-0.39, 0.29) is 17.7 Å². The first-order chi connectivity index (χ1) is 14.7. The van der Waals surface area contributed by atoms with Crippen molar-refractivity contribution in [2.75, 3.05) is 19.8 Å². The molecule has 0 radical (unpaired) electrons. The van der Waals surface area contributed by atoms with Crippen molar-refractivity contribution < 1.29 is 14.3 Å². The molecule has 3 aromatic rings. The second-order valence-corrected chi connectivity index (χ2v) is 8.93. The van der Waals surface area contributed by atoms with Crippen molar-refractivity contribution in [3.8, 4) is 0 Å². The Hall–Kier alpha value is -2.91. The Labute approximate surface area is 184 Å². The molecule has 1 saturated heterocycles. The van der Waals surface area contributed by atoms with Crippen LogP contribution in [0.3, 0.4) is 0 Å². The summed E-state index contributed by atoms with van der Waals surface area (Å²) in [5.41, 5.74) is 2.32. The number of ether oxygens (including phenoxy) is 2. The number of H-pyrrole nitrogens is 2. The molecule has 1 amide bonds. The Morgan fingerprint density at radius 3 is 2.84 bits per heavy atom. The summed E-state index contributed by atoms with van der Waals surface area (Å²) in [6.45, 7) is 7.31. The molecule has 0 unspecified atom stereocenters. The normalized spacial score (nSPS) is 17.1. The molecule has 1 fully saturated rings. The molecule has 1 atom stereocenters. The van der Waals surface area contributed by atoms with Gasteiger partial charge in [0.1, 0.15) is 11.1 Å². The highest BCUT2D eigenvalue weighted by molar-refractivity contribution is 7.71. The second-order valence-electron chi connectivity index (χ2n) is 8.55. The van der Waals surface area contributed by atoms with Crippen LogP contribution in [0.1, 0.15) is 37.9 Å². The number of aromatic amines is 2. The molecule has 1 aliphatic heterocycles. The molecule has 2 N–H and O–H groups in total. The Bertz CT molecular complexity index is 1220. The molecule has 0 spiro atoms. The van der Waals surface area contributed by atoms with Gasteiger partial charge in [0, 0.05) is 12.7 Å². The fraction of sp³-hybridized carbons (Fsp3) is 0.409. The van der Waals surface area contributed by atoms with E-state index < -0.39 is 5.60 Å². The number of rotatable bonds is 3. The summed E-state index contributed by atoms with van der Waals surface area (Å²) >= 11 is 5.44. The van der Waals surface area contributed by atoms with Crippen LogP contribution >= 0.6 is 12.2 Å². The van der Waals surface area contributed by atoms with Crippen LogP contribution in [0.4, 0.5) is 4.79 Å². The topological polar surface area (TPSA) is 92.3 Å². The van der Waals surface area contributed by atoms with Gasteiger partial charge in [0.2, 0.25) is 0 Å². The van der Waals surface area contributed by atoms with E-state index in [0.717, 1.165) is 16.6 Å². The number of nitrogens with one attached hydrogen (secondary N) is 2. The van der Waals surface area contributed by atoms with Crippen LogP contribution in [-0.2, 0) is 16.0 Å². The fourth-order valence-corrected chi connectivity index (χ4v) is 4.09. The number of nitrogens with zero attached hydrogens (tertiary/aromatic N) is 2. The number of hydrogen-bond donors (Lipinski definition) is 2. The molecule has 31 heavy (non-hydrogen) atoms. The number of amides is 1. The van der Waals surface area contributed by atoms with Crippen LogP contribution in [-0.4, -0.2) is 50.9 Å². The van der Waals surface area contributed by atoms with E-state index >= 15 is 0 Å². The van der Waals surface area contributed by atoms with E-state index in [2.05, 4.69) is 9.97 Å². The van der Waals surface area contributed by atoms with E-state index in [4.69, 9.17) is 21.7 Å². The molecule has 0 aliphatic carbocycles. The molecule has 0 bridgehead atoms. The van der Waals surface area contributed by atoms with Gasteiger partial charge in [0.25, 0.3) is 5.56 Å². The van der Waals surface area contributed by atoms with Crippen molar-refractivity contribution in [3.05, 3.63) is 62.8 Å². The first kappa shape index (κ1) is 21.3. The molecular weight excluding hydrogens is 416 g/mol. The maximum Gasteiger partial charge on any atom is 0.410 e. The zero-order valence-electron chi connectivity index (χ0n) is 17.8. The van der Waals surface area contributed by atoms with E-state index in [1.807, 2.05) is 55.7 Å². The quantitative estimate of drug-likeness (QED) is 0.603. The van der Waals surface area contributed by atoms with Crippen LogP contribution < -0.4 is 5.56 Å². The lowest BCUT2D eigenvalue weighted by molar-refractivity contribution is -0.0333. The molecule has 8 nitrogen and oxygen atoms in total. The van der Waals surface area contributed by atoms with Crippen molar-refractivity contribution in [1.29, 1.82) is 0 Å². The Balaban J connectivity index is 1.72. The summed E-state index contributed by atoms with van der Waals surface area (Å²) in [5.74, 6) is 0. The number of aromatic nitrogens is 3. The fourth-order valence-electron chi connectivity index (χ4n) is 3.84. The van der Waals surface area contributed by atoms with Gasteiger partial charge in [-0.25, -0.2) is 4.79 Å². The van der Waals surface area contributed by atoms with Gasteiger partial charge in [-0.15, -0.1) is 0 Å². The molecule has 164 valence electrons. The van der Waals surface area contributed by atoms with Crippen molar-refractivity contribution in [3.63, 3.8) is 0 Å². The predicted molar refractivity (Wildman–Crippen MR) is 120 cm³/mol. The summed E-state index contributed by atoms with van der Waals surface area (Å²) in [6, 6.07) is 9.44. The lowest BCUT2D eigenvalue weighted by Crippen LogP contribution is -2.46. The van der Waals surface area contributed by atoms with Crippen molar-refractivity contribution in [1.82, 2.24) is 19.4 Å². The van der Waals surface area contributed by atoms with Crippen LogP contribution in [0.2, 0.25) is 0 Å². The standard InChI is InChI=1S/C22H26N4O4S/c1-22(2,3)30-21(28)25-10-11-29-13-17(25)15-7-5-4-6-14(15)12-26-16-8-9-23-18(16)19(27)24-20(26)31/h4-9,17,23H,10-13H2,1-3H3,(H,24,27,31)/t17-/m0/s1. The van der Waals surface area contributed by atoms with E-state index in [9.17, 15) is 9.59 Å². The van der Waals surface area contributed by atoms with Crippen molar-refractivity contribution >= 4 is 29.3 Å². The number of fused-ring (bicyclic) bond motifs is 1. The van der Waals surface area contributed by atoms with E-state index in [1.54, 1.807) is 11.1 Å². The minimum absolute atomic E-state index is 0.244. The molecule has 9 heteroatoms. The molecule has 4 rings (SSSR count). The highest BCUT2D eigenvalue weighted by atomic mass is 32.1. The average molecular weight is 443 g/mol. The smallest absolute Gasteiger partial charge is 0.410 e. The summed E-state index contributed by atoms with van der Waals surface area (Å²) in [5, 5.41) is 0. The average Bonchev–Trinajstić information content (AvgIpc) is 3.20. The minimum Gasteiger partial charge on any atom is -0.444 e. The zero-order chi connectivity index (χ0) is 22.2. The van der Waals surface area contributed by atoms with Crippen LogP contribution in [0.25, 0.3) is 11.0 Å². The van der Waals surface area contributed by atoms with E-state index in [0.29, 0.717) is 36.6 Å². The summed E-state index contributed by atoms with van der Waals surface area (Å²) in [6.07, 6.45) is 1.36. The van der Waals surface area contributed by atoms with Crippen LogP contribution in [0.5, 0.6) is 0 Å². The number of hydrogen-bond acceptors (Lipinski definition) is 5. The van der Waals surface area contributed by atoms with Gasteiger partial charge in [-0.1, -0.05) is 24.3 Å². The molecule has 3 heterocycles. The lowest BCUT2D eigenvalue weighted by Gasteiger charge is -2.37. The molecule has 1 aliphatic rings. The highest BCUT2D eigenvalue weighted by Crippen LogP contribution is 2.29. The number of benzene rings is 1. The van der Waals surface area contributed by atoms with E-state index in [1.165, 1.54) is 0 Å². The third-order valence-electron chi connectivity index (χ3n) is 5.21. The Morgan fingerprint density at radius 1 is 1.29 bits per heavy atom. The Kier molecular flexibility index (Phi) is 5.72. The minimum atomic E-state index is -0.581. The summed E-state index contributed by atoms with van der Waals surface area (Å²) in [4.78, 5) is 32.5. The van der Waals surface area contributed by atoms with Crippen LogP contribution in [0.15, 0.2) is 41.3 Å². The largest absolute Gasteiger partial charge is 0.444 e. The summed E-state index contributed by atoms with van der Waals surface area (Å²) < 4.78 is 13.6. The molecule has 1 aromatic carbocycles. The molecule has 2 aromatic heterocycles. The van der Waals surface area contributed by atoms with Crippen molar-refractivity contribution in [2.45, 2.75) is 39.0 Å². The van der Waals surface area contributed by atoms with Gasteiger partial charge >= 0.3 is 6.09 Å². The second kappa shape index (κ2) is 8.32. The lowest BCUT2D eigenvalue weighted by atomic mass is 9.98. The van der Waals surface area contributed by atoms with Gasteiger partial charge < -0.3 is 19.0 Å². The maximum atomic E-state index is 12.9. The highest BCUT2D eigenvalue weighted by Gasteiger charge is 2.33. The van der Waals surface area contributed by atoms with Gasteiger partial charge in [0.15, 0.2) is 4.77 Å². The Morgan fingerprint density at radius 2 is 2.06 bits per heavy atom. The maximum absolute atomic E-state index is 12.9. The van der Waals surface area contributed by atoms with Crippen LogP contribution in [0, 0.1) is 4.77 Å². The first-order valence-electron chi connectivity index (χ1n) is 10.2. The number of morpholine rings is 1. The van der Waals surface area contributed by atoms with Gasteiger partial charge in [-0.05, 0) is 50.2 Å². The molecule has 0 saturated carbocycles.